The van der Waals surface area contributed by atoms with Crippen LogP contribution < -0.4 is 10.2 Å². The summed E-state index contributed by atoms with van der Waals surface area (Å²) in [5, 5.41) is 3.38. The number of piperazine rings is 1. The van der Waals surface area contributed by atoms with Gasteiger partial charge in [-0.2, -0.15) is 0 Å². The fourth-order valence-electron chi connectivity index (χ4n) is 3.13. The van der Waals surface area contributed by atoms with Crippen LogP contribution in [0.15, 0.2) is 30.5 Å². The minimum absolute atomic E-state index is 0.130. The number of aromatic nitrogens is 2. The lowest BCUT2D eigenvalue weighted by molar-refractivity contribution is 0.256. The van der Waals surface area contributed by atoms with Crippen molar-refractivity contribution in [1.29, 1.82) is 0 Å². The van der Waals surface area contributed by atoms with Gasteiger partial charge in [0.1, 0.15) is 11.6 Å². The van der Waals surface area contributed by atoms with Crippen LogP contribution in [0, 0.1) is 19.7 Å². The maximum absolute atomic E-state index is 13.9. The van der Waals surface area contributed by atoms with E-state index in [1.165, 1.54) is 6.07 Å². The summed E-state index contributed by atoms with van der Waals surface area (Å²) < 4.78 is 13.9. The van der Waals surface area contributed by atoms with E-state index in [0.29, 0.717) is 0 Å². The molecular weight excluding hydrogens is 317 g/mol. The zero-order valence-electron chi connectivity index (χ0n) is 15.0. The highest BCUT2D eigenvalue weighted by Gasteiger charge is 2.18. The van der Waals surface area contributed by atoms with E-state index in [-0.39, 0.29) is 5.82 Å². The molecule has 0 radical (unpaired) electrons. The Balaban J connectivity index is 1.40. The van der Waals surface area contributed by atoms with Crippen molar-refractivity contribution in [3.05, 3.63) is 47.7 Å². The molecule has 3 rings (SSSR count). The van der Waals surface area contributed by atoms with Crippen molar-refractivity contribution in [2.45, 2.75) is 20.3 Å². The molecular formula is C19H26FN5. The highest BCUT2D eigenvalue weighted by atomic mass is 19.1. The largest absolute Gasteiger partial charge is 0.369 e. The molecule has 0 spiro atoms. The molecule has 1 saturated heterocycles. The SMILES string of the molecule is Cc1cnc(C)c(NCCCN2CCN(c3ccccc3F)CC2)n1. The summed E-state index contributed by atoms with van der Waals surface area (Å²) in [6, 6.07) is 7.03. The first-order valence-corrected chi connectivity index (χ1v) is 8.89. The molecule has 134 valence electrons. The van der Waals surface area contributed by atoms with E-state index in [1.54, 1.807) is 12.3 Å². The second kappa shape index (κ2) is 8.25. The van der Waals surface area contributed by atoms with E-state index in [2.05, 4.69) is 25.1 Å². The van der Waals surface area contributed by atoms with Gasteiger partial charge in [-0.05, 0) is 38.9 Å². The van der Waals surface area contributed by atoms with Gasteiger partial charge in [0, 0.05) is 38.9 Å². The van der Waals surface area contributed by atoms with Crippen LogP contribution >= 0.6 is 0 Å². The van der Waals surface area contributed by atoms with Gasteiger partial charge in [0.15, 0.2) is 0 Å². The zero-order chi connectivity index (χ0) is 17.6. The Bertz CT molecular complexity index is 698. The minimum Gasteiger partial charge on any atom is -0.369 e. The molecule has 0 amide bonds. The lowest BCUT2D eigenvalue weighted by atomic mass is 10.2. The fraction of sp³-hybridized carbons (Fsp3) is 0.474. The monoisotopic (exact) mass is 343 g/mol. The Morgan fingerprint density at radius 3 is 2.64 bits per heavy atom. The molecule has 5 nitrogen and oxygen atoms in total. The summed E-state index contributed by atoms with van der Waals surface area (Å²) in [4.78, 5) is 13.4. The Morgan fingerprint density at radius 2 is 1.88 bits per heavy atom. The third kappa shape index (κ3) is 4.66. The second-order valence-corrected chi connectivity index (χ2v) is 6.51. The molecule has 0 bridgehead atoms. The summed E-state index contributed by atoms with van der Waals surface area (Å²) in [5.74, 6) is 0.749. The normalized spacial score (nSPS) is 15.4. The van der Waals surface area contributed by atoms with Crippen LogP contribution in [0.4, 0.5) is 15.9 Å². The van der Waals surface area contributed by atoms with Crippen LogP contribution in [0.25, 0.3) is 0 Å². The number of rotatable bonds is 6. The van der Waals surface area contributed by atoms with Gasteiger partial charge in [-0.15, -0.1) is 0 Å². The highest BCUT2D eigenvalue weighted by molar-refractivity contribution is 5.48. The van der Waals surface area contributed by atoms with Gasteiger partial charge in [0.2, 0.25) is 0 Å². The van der Waals surface area contributed by atoms with E-state index in [0.717, 1.165) is 68.6 Å². The summed E-state index contributed by atoms with van der Waals surface area (Å²) in [7, 11) is 0. The molecule has 2 heterocycles. The van der Waals surface area contributed by atoms with Gasteiger partial charge in [-0.25, -0.2) is 9.37 Å². The molecule has 6 heteroatoms. The van der Waals surface area contributed by atoms with Crippen molar-refractivity contribution in [1.82, 2.24) is 14.9 Å². The van der Waals surface area contributed by atoms with Gasteiger partial charge < -0.3 is 10.2 Å². The summed E-state index contributed by atoms with van der Waals surface area (Å²) in [5.41, 5.74) is 2.58. The number of hydrogen-bond donors (Lipinski definition) is 1. The minimum atomic E-state index is -0.130. The fourth-order valence-corrected chi connectivity index (χ4v) is 3.13. The van der Waals surface area contributed by atoms with Crippen LogP contribution in [-0.2, 0) is 0 Å². The lowest BCUT2D eigenvalue weighted by Crippen LogP contribution is -2.47. The molecule has 0 atom stereocenters. The number of para-hydroxylation sites is 1. The van der Waals surface area contributed by atoms with Gasteiger partial charge in [-0.3, -0.25) is 9.88 Å². The third-order valence-electron chi connectivity index (χ3n) is 4.58. The standard InChI is InChI=1S/C19H26FN5/c1-15-14-22-16(2)19(23-15)21-8-5-9-24-10-12-25(13-11-24)18-7-4-3-6-17(18)20/h3-4,6-7,14H,5,8-13H2,1-2H3,(H,21,23). The number of halogens is 1. The maximum Gasteiger partial charge on any atom is 0.147 e. The first-order chi connectivity index (χ1) is 12.1. The molecule has 0 aliphatic carbocycles. The van der Waals surface area contributed by atoms with Crippen molar-refractivity contribution in [2.75, 3.05) is 49.5 Å². The van der Waals surface area contributed by atoms with Crippen molar-refractivity contribution in [3.8, 4) is 0 Å². The van der Waals surface area contributed by atoms with Crippen LogP contribution in [-0.4, -0.2) is 54.1 Å². The lowest BCUT2D eigenvalue weighted by Gasteiger charge is -2.36. The zero-order valence-corrected chi connectivity index (χ0v) is 15.0. The predicted molar refractivity (Wildman–Crippen MR) is 99.7 cm³/mol. The first kappa shape index (κ1) is 17.6. The Hall–Kier alpha value is -2.21. The molecule has 0 unspecified atom stereocenters. The molecule has 0 saturated carbocycles. The van der Waals surface area contributed by atoms with E-state index in [1.807, 2.05) is 26.0 Å². The van der Waals surface area contributed by atoms with E-state index in [4.69, 9.17) is 0 Å². The van der Waals surface area contributed by atoms with E-state index in [9.17, 15) is 4.39 Å². The summed E-state index contributed by atoms with van der Waals surface area (Å²) in [6.45, 7) is 9.52. The molecule has 2 aromatic rings. The quantitative estimate of drug-likeness (QED) is 0.817. The van der Waals surface area contributed by atoms with E-state index < -0.39 is 0 Å². The van der Waals surface area contributed by atoms with Gasteiger partial charge in [-0.1, -0.05) is 12.1 Å². The predicted octanol–water partition coefficient (Wildman–Crippen LogP) is 2.86. The average molecular weight is 343 g/mol. The summed E-state index contributed by atoms with van der Waals surface area (Å²) in [6.07, 6.45) is 2.84. The van der Waals surface area contributed by atoms with E-state index >= 15 is 0 Å². The smallest absolute Gasteiger partial charge is 0.147 e. The molecule has 1 N–H and O–H groups in total. The number of aryl methyl sites for hydroxylation is 2. The average Bonchev–Trinajstić information content (AvgIpc) is 2.62. The topological polar surface area (TPSA) is 44.3 Å². The number of nitrogens with zero attached hydrogens (tertiary/aromatic N) is 4. The van der Waals surface area contributed by atoms with Gasteiger partial charge in [0.05, 0.1) is 17.1 Å². The number of benzene rings is 1. The number of hydrogen-bond acceptors (Lipinski definition) is 5. The molecule has 1 aliphatic heterocycles. The maximum atomic E-state index is 13.9. The van der Waals surface area contributed by atoms with Crippen LogP contribution in [0.2, 0.25) is 0 Å². The Morgan fingerprint density at radius 1 is 1.12 bits per heavy atom. The van der Waals surface area contributed by atoms with Gasteiger partial charge >= 0.3 is 0 Å². The second-order valence-electron chi connectivity index (χ2n) is 6.51. The molecule has 1 aromatic carbocycles. The van der Waals surface area contributed by atoms with Crippen LogP contribution in [0.5, 0.6) is 0 Å². The Labute approximate surface area is 148 Å². The first-order valence-electron chi connectivity index (χ1n) is 8.89. The van der Waals surface area contributed by atoms with Crippen molar-refractivity contribution in [2.24, 2.45) is 0 Å². The van der Waals surface area contributed by atoms with Crippen molar-refractivity contribution < 1.29 is 4.39 Å². The third-order valence-corrected chi connectivity index (χ3v) is 4.58. The van der Waals surface area contributed by atoms with Crippen LogP contribution in [0.1, 0.15) is 17.8 Å². The highest BCUT2D eigenvalue weighted by Crippen LogP contribution is 2.20. The molecule has 1 fully saturated rings. The molecule has 25 heavy (non-hydrogen) atoms. The van der Waals surface area contributed by atoms with Gasteiger partial charge in [0.25, 0.3) is 0 Å². The molecule has 1 aromatic heterocycles. The number of nitrogens with one attached hydrogen (secondary N) is 1. The molecule has 1 aliphatic rings. The summed E-state index contributed by atoms with van der Waals surface area (Å²) >= 11 is 0. The number of anilines is 2. The van der Waals surface area contributed by atoms with Crippen molar-refractivity contribution in [3.63, 3.8) is 0 Å². The van der Waals surface area contributed by atoms with Crippen molar-refractivity contribution >= 4 is 11.5 Å². The van der Waals surface area contributed by atoms with Crippen LogP contribution in [0.3, 0.4) is 0 Å². The Kier molecular flexibility index (Phi) is 5.81.